The van der Waals surface area contributed by atoms with Gasteiger partial charge < -0.3 is 19.7 Å². The fourth-order valence-corrected chi connectivity index (χ4v) is 3.48. The van der Waals surface area contributed by atoms with Gasteiger partial charge in [0.1, 0.15) is 0 Å². The third kappa shape index (κ3) is 2.82. The molecule has 2 aliphatic rings. The molecule has 1 unspecified atom stereocenters. The molecule has 1 aromatic heterocycles. The number of nitrogens with one attached hydrogen (secondary N) is 1. The minimum Gasteiger partial charge on any atom is -0.347 e. The number of piperidine rings is 1. The van der Waals surface area contributed by atoms with Gasteiger partial charge in [-0.25, -0.2) is 4.79 Å². The van der Waals surface area contributed by atoms with Crippen LogP contribution >= 0.6 is 11.3 Å². The second-order valence-corrected chi connectivity index (χ2v) is 6.22. The minimum absolute atomic E-state index is 0.0327. The maximum absolute atomic E-state index is 12.3. The van der Waals surface area contributed by atoms with Crippen LogP contribution in [-0.4, -0.2) is 43.0 Å². The van der Waals surface area contributed by atoms with Crippen LogP contribution in [0.15, 0.2) is 16.8 Å². The van der Waals surface area contributed by atoms with Crippen LogP contribution in [-0.2, 0) is 9.47 Å². The normalized spacial score (nSPS) is 25.6. The van der Waals surface area contributed by atoms with Crippen molar-refractivity contribution >= 4 is 23.1 Å². The van der Waals surface area contributed by atoms with Crippen molar-refractivity contribution in [3.63, 3.8) is 0 Å². The second-order valence-electron chi connectivity index (χ2n) is 5.44. The summed E-state index contributed by atoms with van der Waals surface area (Å²) in [7, 11) is 0. The molecule has 110 valence electrons. The number of ether oxygens (including phenoxy) is 2. The zero-order chi connectivity index (χ0) is 14.0. The first-order valence-electron chi connectivity index (χ1n) is 7.03. The molecule has 3 rings (SSSR count). The number of thiophene rings is 1. The fourth-order valence-electron chi connectivity index (χ4n) is 2.89. The minimum atomic E-state index is -0.526. The van der Waals surface area contributed by atoms with Gasteiger partial charge in [-0.2, -0.15) is 11.3 Å². The van der Waals surface area contributed by atoms with E-state index in [0.717, 1.165) is 25.1 Å². The molecule has 6 heteroatoms. The first kappa shape index (κ1) is 13.9. The zero-order valence-corrected chi connectivity index (χ0v) is 12.4. The molecular formula is C14H20N2O3S. The number of rotatable bonds is 2. The van der Waals surface area contributed by atoms with Gasteiger partial charge in [-0.3, -0.25) is 0 Å². The third-order valence-electron chi connectivity index (χ3n) is 4.08. The van der Waals surface area contributed by atoms with E-state index >= 15 is 0 Å². The average molecular weight is 296 g/mol. The monoisotopic (exact) mass is 296 g/mol. The van der Waals surface area contributed by atoms with E-state index in [9.17, 15) is 4.79 Å². The van der Waals surface area contributed by atoms with E-state index in [1.54, 1.807) is 11.3 Å². The lowest BCUT2D eigenvalue weighted by atomic mass is 9.90. The number of hydrogen-bond acceptors (Lipinski definition) is 4. The highest BCUT2D eigenvalue weighted by Gasteiger charge is 2.42. The molecule has 1 atom stereocenters. The van der Waals surface area contributed by atoms with Crippen LogP contribution in [0, 0.1) is 5.92 Å². The van der Waals surface area contributed by atoms with Crippen LogP contribution in [0.25, 0.3) is 0 Å². The zero-order valence-electron chi connectivity index (χ0n) is 11.6. The summed E-state index contributed by atoms with van der Waals surface area (Å²) in [6.07, 6.45) is 2.03. The number of carbonyl (C=O) groups excluding carboxylic acids is 1. The number of nitrogens with zero attached hydrogens (tertiary/aromatic N) is 1. The highest BCUT2D eigenvalue weighted by molar-refractivity contribution is 7.08. The van der Waals surface area contributed by atoms with E-state index in [-0.39, 0.29) is 11.9 Å². The van der Waals surface area contributed by atoms with Crippen molar-refractivity contribution in [3.8, 4) is 0 Å². The highest BCUT2D eigenvalue weighted by atomic mass is 32.1. The maximum Gasteiger partial charge on any atom is 0.321 e. The van der Waals surface area contributed by atoms with Crippen molar-refractivity contribution in [2.75, 3.05) is 31.6 Å². The SMILES string of the molecule is CC1(C2CCCN(C(=O)Nc3ccsc3)C2)OCCO1. The van der Waals surface area contributed by atoms with Gasteiger partial charge in [-0.1, -0.05) is 0 Å². The van der Waals surface area contributed by atoms with Crippen LogP contribution in [0.3, 0.4) is 0 Å². The molecule has 2 saturated heterocycles. The van der Waals surface area contributed by atoms with E-state index in [2.05, 4.69) is 5.32 Å². The summed E-state index contributed by atoms with van der Waals surface area (Å²) in [5.41, 5.74) is 0.863. The Morgan fingerprint density at radius 1 is 1.50 bits per heavy atom. The molecule has 0 spiro atoms. The summed E-state index contributed by atoms with van der Waals surface area (Å²) in [6.45, 7) is 4.77. The van der Waals surface area contributed by atoms with Gasteiger partial charge in [0.25, 0.3) is 0 Å². The van der Waals surface area contributed by atoms with E-state index < -0.39 is 5.79 Å². The van der Waals surface area contributed by atoms with Gasteiger partial charge in [0.2, 0.25) is 0 Å². The van der Waals surface area contributed by atoms with E-state index in [4.69, 9.17) is 9.47 Å². The Morgan fingerprint density at radius 3 is 3.00 bits per heavy atom. The van der Waals surface area contributed by atoms with Crippen molar-refractivity contribution in [2.24, 2.45) is 5.92 Å². The number of amides is 2. The smallest absolute Gasteiger partial charge is 0.321 e. The lowest BCUT2D eigenvalue weighted by molar-refractivity contribution is -0.189. The molecule has 0 aliphatic carbocycles. The molecule has 3 heterocycles. The molecule has 0 bridgehead atoms. The van der Waals surface area contributed by atoms with Gasteiger partial charge in [-0.05, 0) is 31.2 Å². The van der Waals surface area contributed by atoms with Crippen molar-refractivity contribution in [3.05, 3.63) is 16.8 Å². The summed E-state index contributed by atoms with van der Waals surface area (Å²) in [4.78, 5) is 14.1. The first-order valence-corrected chi connectivity index (χ1v) is 7.98. The largest absolute Gasteiger partial charge is 0.347 e. The molecule has 2 fully saturated rings. The Balaban J connectivity index is 1.61. The van der Waals surface area contributed by atoms with Gasteiger partial charge in [0.05, 0.1) is 18.9 Å². The highest BCUT2D eigenvalue weighted by Crippen LogP contribution is 2.34. The Labute approximate surface area is 122 Å². The number of anilines is 1. The quantitative estimate of drug-likeness (QED) is 0.913. The first-order chi connectivity index (χ1) is 9.67. The Kier molecular flexibility index (Phi) is 3.96. The Morgan fingerprint density at radius 2 is 2.30 bits per heavy atom. The molecule has 20 heavy (non-hydrogen) atoms. The second kappa shape index (κ2) is 5.71. The summed E-state index contributed by atoms with van der Waals surface area (Å²) >= 11 is 1.58. The van der Waals surface area contributed by atoms with Crippen LogP contribution in [0.2, 0.25) is 0 Å². The topological polar surface area (TPSA) is 50.8 Å². The van der Waals surface area contributed by atoms with Crippen LogP contribution in [0.1, 0.15) is 19.8 Å². The Bertz CT molecular complexity index is 457. The summed E-state index contributed by atoms with van der Waals surface area (Å²) < 4.78 is 11.5. The fraction of sp³-hybridized carbons (Fsp3) is 0.643. The molecule has 0 saturated carbocycles. The van der Waals surface area contributed by atoms with E-state index in [1.165, 1.54) is 0 Å². The number of hydrogen-bond donors (Lipinski definition) is 1. The standard InChI is InChI=1S/C14H20N2O3S/c1-14(18-6-7-19-14)11-3-2-5-16(9-11)13(17)15-12-4-8-20-10-12/h4,8,10-11H,2-3,5-7,9H2,1H3,(H,15,17). The molecule has 2 amide bonds. The van der Waals surface area contributed by atoms with Gasteiger partial charge in [0, 0.05) is 24.4 Å². The summed E-state index contributed by atoms with van der Waals surface area (Å²) in [6, 6.07) is 1.88. The molecule has 0 radical (unpaired) electrons. The third-order valence-corrected chi connectivity index (χ3v) is 4.77. The molecule has 5 nitrogen and oxygen atoms in total. The van der Waals surface area contributed by atoms with Crippen LogP contribution in [0.5, 0.6) is 0 Å². The van der Waals surface area contributed by atoms with Crippen molar-refractivity contribution < 1.29 is 14.3 Å². The summed E-state index contributed by atoms with van der Waals surface area (Å²) in [5, 5.41) is 6.82. The predicted octanol–water partition coefficient (Wildman–Crippen LogP) is 2.76. The van der Waals surface area contributed by atoms with Gasteiger partial charge in [-0.15, -0.1) is 0 Å². The lowest BCUT2D eigenvalue weighted by Gasteiger charge is -2.39. The number of carbonyl (C=O) groups is 1. The van der Waals surface area contributed by atoms with Crippen molar-refractivity contribution in [1.29, 1.82) is 0 Å². The number of urea groups is 1. The predicted molar refractivity (Wildman–Crippen MR) is 77.9 cm³/mol. The molecule has 1 N–H and O–H groups in total. The van der Waals surface area contributed by atoms with Crippen LogP contribution < -0.4 is 5.32 Å². The molecular weight excluding hydrogens is 276 g/mol. The van der Waals surface area contributed by atoms with Crippen molar-refractivity contribution in [2.45, 2.75) is 25.6 Å². The van der Waals surface area contributed by atoms with E-state index in [1.807, 2.05) is 28.7 Å². The van der Waals surface area contributed by atoms with E-state index in [0.29, 0.717) is 19.8 Å². The number of likely N-dealkylation sites (tertiary alicyclic amines) is 1. The van der Waals surface area contributed by atoms with Gasteiger partial charge >= 0.3 is 6.03 Å². The maximum atomic E-state index is 12.3. The molecule has 0 aromatic carbocycles. The Hall–Kier alpha value is -1.11. The van der Waals surface area contributed by atoms with Crippen LogP contribution in [0.4, 0.5) is 10.5 Å². The lowest BCUT2D eigenvalue weighted by Crippen LogP contribution is -2.49. The average Bonchev–Trinajstić information content (AvgIpc) is 3.11. The molecule has 2 aliphatic heterocycles. The van der Waals surface area contributed by atoms with Gasteiger partial charge in [0.15, 0.2) is 5.79 Å². The van der Waals surface area contributed by atoms with Crippen molar-refractivity contribution in [1.82, 2.24) is 4.90 Å². The molecule has 1 aromatic rings. The summed E-state index contributed by atoms with van der Waals surface area (Å²) in [5.74, 6) is -0.284.